The first kappa shape index (κ1) is 23.4. The van der Waals surface area contributed by atoms with Crippen LogP contribution in [0.1, 0.15) is 104 Å². The highest BCUT2D eigenvalue weighted by molar-refractivity contribution is 5.72. The first-order valence-electron chi connectivity index (χ1n) is 9.90. The monoisotopic (exact) mass is 346 g/mol. The number of hydrogen-bond acceptors (Lipinski definition) is 4. The number of carboxylic acids is 1. The molecule has 0 saturated carbocycles. The van der Waals surface area contributed by atoms with E-state index in [0.717, 1.165) is 38.5 Å². The molecule has 0 fully saturated rings. The maximum Gasteiger partial charge on any atom is 0.336 e. The standard InChI is InChI=1S/C19H38O5/c1-3-5-7-9-10-11-12-13-14-16-18(19(20)21)23-24-22-17-15-8-6-4-2/h18H,3-17H2,1-2H3,(H,20,21). The van der Waals surface area contributed by atoms with E-state index >= 15 is 0 Å². The van der Waals surface area contributed by atoms with E-state index in [1.807, 2.05) is 0 Å². The Bertz CT molecular complexity index is 270. The van der Waals surface area contributed by atoms with E-state index in [4.69, 9.17) is 14.9 Å². The largest absolute Gasteiger partial charge is 0.479 e. The summed E-state index contributed by atoms with van der Waals surface area (Å²) in [5.41, 5.74) is 0. The normalized spacial score (nSPS) is 12.4. The van der Waals surface area contributed by atoms with Crippen molar-refractivity contribution in [1.82, 2.24) is 0 Å². The zero-order chi connectivity index (χ0) is 17.9. The molecule has 0 aromatic heterocycles. The second kappa shape index (κ2) is 18.7. The molecule has 0 spiro atoms. The van der Waals surface area contributed by atoms with Gasteiger partial charge in [-0.2, -0.15) is 4.89 Å². The lowest BCUT2D eigenvalue weighted by molar-refractivity contribution is -0.522. The lowest BCUT2D eigenvalue weighted by atomic mass is 10.1. The van der Waals surface area contributed by atoms with Crippen LogP contribution in [0.15, 0.2) is 0 Å². The van der Waals surface area contributed by atoms with Crippen LogP contribution < -0.4 is 0 Å². The molecule has 1 N–H and O–H groups in total. The van der Waals surface area contributed by atoms with Crippen LogP contribution in [0.25, 0.3) is 0 Å². The van der Waals surface area contributed by atoms with Crippen LogP contribution >= 0.6 is 0 Å². The van der Waals surface area contributed by atoms with Gasteiger partial charge < -0.3 is 5.11 Å². The van der Waals surface area contributed by atoms with Gasteiger partial charge in [0.05, 0.1) is 6.61 Å². The molecule has 0 radical (unpaired) electrons. The quantitative estimate of drug-likeness (QED) is 0.181. The molecule has 0 heterocycles. The Morgan fingerprint density at radius 1 is 0.792 bits per heavy atom. The fraction of sp³-hybridized carbons (Fsp3) is 0.947. The zero-order valence-electron chi connectivity index (χ0n) is 15.8. The van der Waals surface area contributed by atoms with Crippen molar-refractivity contribution in [2.45, 2.75) is 110 Å². The molecule has 0 aliphatic carbocycles. The number of carbonyl (C=O) groups is 1. The fourth-order valence-corrected chi connectivity index (χ4v) is 2.55. The van der Waals surface area contributed by atoms with E-state index < -0.39 is 12.1 Å². The van der Waals surface area contributed by atoms with Crippen molar-refractivity contribution < 1.29 is 24.7 Å². The van der Waals surface area contributed by atoms with Gasteiger partial charge in [0.1, 0.15) is 0 Å². The number of unbranched alkanes of at least 4 members (excludes halogenated alkanes) is 11. The van der Waals surface area contributed by atoms with Crippen LogP contribution in [0.3, 0.4) is 0 Å². The Labute approximate surface area is 147 Å². The topological polar surface area (TPSA) is 65.0 Å². The molecule has 0 amide bonds. The predicted octanol–water partition coefficient (Wildman–Crippen LogP) is 5.82. The van der Waals surface area contributed by atoms with E-state index in [0.29, 0.717) is 13.0 Å². The molecule has 144 valence electrons. The molecule has 1 atom stereocenters. The molecular weight excluding hydrogens is 308 g/mol. The highest BCUT2D eigenvalue weighted by Gasteiger charge is 2.19. The van der Waals surface area contributed by atoms with Crippen molar-refractivity contribution in [3.8, 4) is 0 Å². The molecule has 0 aliphatic rings. The summed E-state index contributed by atoms with van der Waals surface area (Å²) in [6, 6.07) is 0. The molecule has 0 aromatic carbocycles. The van der Waals surface area contributed by atoms with Crippen LogP contribution in [-0.4, -0.2) is 23.8 Å². The van der Waals surface area contributed by atoms with E-state index in [2.05, 4.69) is 18.9 Å². The van der Waals surface area contributed by atoms with Crippen LogP contribution in [-0.2, 0) is 19.6 Å². The Morgan fingerprint density at radius 2 is 1.29 bits per heavy atom. The molecule has 0 saturated heterocycles. The predicted molar refractivity (Wildman–Crippen MR) is 95.5 cm³/mol. The Hall–Kier alpha value is -0.650. The molecule has 24 heavy (non-hydrogen) atoms. The van der Waals surface area contributed by atoms with Crippen LogP contribution in [0.4, 0.5) is 0 Å². The zero-order valence-corrected chi connectivity index (χ0v) is 15.8. The van der Waals surface area contributed by atoms with E-state index in [-0.39, 0.29) is 0 Å². The van der Waals surface area contributed by atoms with Gasteiger partial charge in [-0.05, 0) is 12.8 Å². The summed E-state index contributed by atoms with van der Waals surface area (Å²) < 4.78 is 0. The summed E-state index contributed by atoms with van der Waals surface area (Å²) in [6.45, 7) is 4.80. The smallest absolute Gasteiger partial charge is 0.336 e. The molecule has 0 rings (SSSR count). The van der Waals surface area contributed by atoms with Gasteiger partial charge in [0.2, 0.25) is 0 Å². The third kappa shape index (κ3) is 16.2. The van der Waals surface area contributed by atoms with Gasteiger partial charge in [-0.1, -0.05) is 95.9 Å². The number of rotatable bonds is 19. The average Bonchev–Trinajstić information content (AvgIpc) is 2.57. The second-order valence-corrected chi connectivity index (χ2v) is 6.49. The van der Waals surface area contributed by atoms with Crippen LogP contribution in [0.5, 0.6) is 0 Å². The number of hydrogen-bond donors (Lipinski definition) is 1. The first-order chi connectivity index (χ1) is 11.7. The summed E-state index contributed by atoms with van der Waals surface area (Å²) in [5, 5.41) is 13.7. The number of aliphatic carboxylic acids is 1. The van der Waals surface area contributed by atoms with Gasteiger partial charge in [-0.25, -0.2) is 9.68 Å². The summed E-state index contributed by atoms with van der Waals surface area (Å²) in [4.78, 5) is 20.8. The highest BCUT2D eigenvalue weighted by atomic mass is 17.5. The van der Waals surface area contributed by atoms with Gasteiger partial charge in [0.15, 0.2) is 6.10 Å². The van der Waals surface area contributed by atoms with Gasteiger partial charge in [-0.3, -0.25) is 0 Å². The molecule has 0 aliphatic heterocycles. The van der Waals surface area contributed by atoms with Crippen molar-refractivity contribution >= 4 is 5.97 Å². The molecule has 5 nitrogen and oxygen atoms in total. The lowest BCUT2D eigenvalue weighted by Gasteiger charge is -2.11. The minimum atomic E-state index is -0.996. The SMILES string of the molecule is CCCCCCCCCCCC(OOOCCCCCC)C(=O)O. The van der Waals surface area contributed by atoms with E-state index in [1.54, 1.807) is 0 Å². The van der Waals surface area contributed by atoms with Crippen molar-refractivity contribution in [2.75, 3.05) is 6.61 Å². The third-order valence-electron chi connectivity index (χ3n) is 4.13. The Balaban J connectivity index is 3.48. The summed E-state index contributed by atoms with van der Waals surface area (Å²) in [6.07, 6.45) is 14.7. The molecule has 1 unspecified atom stereocenters. The summed E-state index contributed by atoms with van der Waals surface area (Å²) in [7, 11) is 0. The molecule has 0 bridgehead atoms. The minimum Gasteiger partial charge on any atom is -0.479 e. The molecular formula is C19H38O5. The Morgan fingerprint density at radius 3 is 1.83 bits per heavy atom. The highest BCUT2D eigenvalue weighted by Crippen LogP contribution is 2.13. The van der Waals surface area contributed by atoms with Crippen molar-refractivity contribution in [3.63, 3.8) is 0 Å². The molecule has 0 aromatic rings. The lowest BCUT2D eigenvalue weighted by Crippen LogP contribution is -2.24. The van der Waals surface area contributed by atoms with Gasteiger partial charge >= 0.3 is 5.97 Å². The summed E-state index contributed by atoms with van der Waals surface area (Å²) in [5.74, 6) is -0.996. The Kier molecular flexibility index (Phi) is 18.2. The second-order valence-electron chi connectivity index (χ2n) is 6.49. The fourth-order valence-electron chi connectivity index (χ4n) is 2.55. The summed E-state index contributed by atoms with van der Waals surface area (Å²) >= 11 is 0. The molecule has 5 heteroatoms. The van der Waals surface area contributed by atoms with Crippen molar-refractivity contribution in [2.24, 2.45) is 0 Å². The first-order valence-corrected chi connectivity index (χ1v) is 9.90. The third-order valence-corrected chi connectivity index (χ3v) is 4.13. The van der Waals surface area contributed by atoms with E-state index in [9.17, 15) is 4.79 Å². The minimum absolute atomic E-state index is 0.435. The maximum atomic E-state index is 11.1. The van der Waals surface area contributed by atoms with Crippen molar-refractivity contribution in [1.29, 1.82) is 0 Å². The maximum absolute atomic E-state index is 11.1. The van der Waals surface area contributed by atoms with Gasteiger partial charge in [0.25, 0.3) is 0 Å². The van der Waals surface area contributed by atoms with E-state index in [1.165, 1.54) is 44.9 Å². The van der Waals surface area contributed by atoms with Gasteiger partial charge in [-0.15, -0.1) is 0 Å². The average molecular weight is 347 g/mol. The van der Waals surface area contributed by atoms with Crippen LogP contribution in [0, 0.1) is 0 Å². The van der Waals surface area contributed by atoms with Gasteiger partial charge in [0, 0.05) is 0 Å². The van der Waals surface area contributed by atoms with Crippen LogP contribution in [0.2, 0.25) is 0 Å². The van der Waals surface area contributed by atoms with Crippen molar-refractivity contribution in [3.05, 3.63) is 0 Å². The number of carboxylic acid groups (broad SMARTS) is 1.